The van der Waals surface area contributed by atoms with Crippen molar-refractivity contribution in [2.75, 3.05) is 58.2 Å². The van der Waals surface area contributed by atoms with Crippen molar-refractivity contribution >= 4 is 23.5 Å². The van der Waals surface area contributed by atoms with Gasteiger partial charge in [-0.1, -0.05) is 65.8 Å². The van der Waals surface area contributed by atoms with Gasteiger partial charge in [0.2, 0.25) is 24.2 Å². The Morgan fingerprint density at radius 1 is 0.934 bits per heavy atom. The van der Waals surface area contributed by atoms with Gasteiger partial charge in [-0.25, -0.2) is 9.78 Å². The van der Waals surface area contributed by atoms with Crippen LogP contribution >= 0.6 is 0 Å². The van der Waals surface area contributed by atoms with E-state index in [1.54, 1.807) is 9.80 Å². The SMILES string of the molecule is COC(O)NC(C(=O)N1CC(C)CC1c1nc(-c2ccc(-c3ccc(NC(=O)N4CCN(C5CCN(C(=O)C(C)(C)C)CC5)CC4)cc3OC(F)(F)F)cc2)c(F)[nH]1)C(C)C. The lowest BCUT2D eigenvalue weighted by Gasteiger charge is -2.43. The zero-order valence-electron chi connectivity index (χ0n) is 35.8. The molecule has 3 fully saturated rings. The fourth-order valence-corrected chi connectivity index (χ4v) is 8.47. The molecule has 0 radical (unpaired) electrons. The van der Waals surface area contributed by atoms with Gasteiger partial charge in [0, 0.05) is 87.3 Å². The fourth-order valence-electron chi connectivity index (χ4n) is 8.47. The van der Waals surface area contributed by atoms with Crippen molar-refractivity contribution < 1.29 is 46.5 Å². The monoisotopic (exact) mass is 858 g/mol. The van der Waals surface area contributed by atoms with E-state index < -0.39 is 48.0 Å². The molecule has 4 N–H and O–H groups in total. The first-order chi connectivity index (χ1) is 28.7. The van der Waals surface area contributed by atoms with Gasteiger partial charge in [0.1, 0.15) is 17.3 Å². The Labute approximate surface area is 353 Å². The molecule has 2 aromatic carbocycles. The van der Waals surface area contributed by atoms with Gasteiger partial charge in [-0.3, -0.25) is 19.8 Å². The van der Waals surface area contributed by atoms with Gasteiger partial charge in [-0.15, -0.1) is 13.2 Å². The predicted molar refractivity (Wildman–Crippen MR) is 220 cm³/mol. The molecule has 0 aliphatic carbocycles. The third-order valence-corrected chi connectivity index (χ3v) is 11.7. The number of amides is 4. The number of likely N-dealkylation sites (tertiary alicyclic amines) is 2. The summed E-state index contributed by atoms with van der Waals surface area (Å²) in [7, 11) is 1.31. The molecule has 3 aromatic rings. The number of alkyl halides is 3. The molecule has 1 aromatic heterocycles. The standard InChI is InChI=1S/C43H58F4N8O6/c1-25(2)34(50-41(59)60-7)38(56)55-24-26(3)22-32(55)37-49-35(36(44)51-37)28-10-8-27(9-11-28)31-13-12-29(23-33(31)61-43(45,46)47)48-40(58)54-20-18-52(19-21-54)30-14-16-53(17-15-30)39(57)42(4,5)6/h8-13,23,25-26,30,32,34,41,50,59H,14-22,24H2,1-7H3,(H,48,58)(H,49,51). The van der Waals surface area contributed by atoms with Crippen LogP contribution < -0.4 is 15.4 Å². The van der Waals surface area contributed by atoms with E-state index >= 15 is 4.39 Å². The second kappa shape index (κ2) is 18.7. The number of methoxy groups -OCH3 is 1. The van der Waals surface area contributed by atoms with Gasteiger partial charge >= 0.3 is 12.4 Å². The predicted octanol–water partition coefficient (Wildman–Crippen LogP) is 6.41. The lowest BCUT2D eigenvalue weighted by Crippen LogP contribution is -2.56. The number of nitrogens with one attached hydrogen (secondary N) is 3. The smallest absolute Gasteiger partial charge is 0.405 e. The molecule has 4 unspecified atom stereocenters. The number of hydrogen-bond acceptors (Lipinski definition) is 9. The molecule has 334 valence electrons. The molecule has 61 heavy (non-hydrogen) atoms. The summed E-state index contributed by atoms with van der Waals surface area (Å²) >= 11 is 0. The van der Waals surface area contributed by atoms with Crippen molar-refractivity contribution in [3.63, 3.8) is 0 Å². The average molecular weight is 859 g/mol. The molecular weight excluding hydrogens is 801 g/mol. The minimum atomic E-state index is -5.03. The highest BCUT2D eigenvalue weighted by Gasteiger charge is 2.41. The Kier molecular flexibility index (Phi) is 14.0. The number of nitrogens with zero attached hydrogens (tertiary/aromatic N) is 5. The number of anilines is 1. The zero-order valence-corrected chi connectivity index (χ0v) is 35.8. The largest absolute Gasteiger partial charge is 0.573 e. The van der Waals surface area contributed by atoms with E-state index in [-0.39, 0.29) is 46.4 Å². The average Bonchev–Trinajstić information content (AvgIpc) is 3.80. The molecule has 4 heterocycles. The second-order valence-electron chi connectivity index (χ2n) is 17.7. The summed E-state index contributed by atoms with van der Waals surface area (Å²) in [5.74, 6) is -1.28. The van der Waals surface area contributed by atoms with E-state index in [1.807, 2.05) is 46.4 Å². The number of carbonyl (C=O) groups excluding carboxylic acids is 3. The summed E-state index contributed by atoms with van der Waals surface area (Å²) < 4.78 is 66.0. The Morgan fingerprint density at radius 2 is 1.57 bits per heavy atom. The van der Waals surface area contributed by atoms with Gasteiger partial charge in [0.25, 0.3) is 0 Å². The molecule has 3 aliphatic rings. The van der Waals surface area contributed by atoms with Crippen LogP contribution in [0.4, 0.5) is 28.0 Å². The quantitative estimate of drug-likeness (QED) is 0.127. The van der Waals surface area contributed by atoms with Crippen molar-refractivity contribution in [1.82, 2.24) is 34.9 Å². The molecule has 0 saturated carbocycles. The molecule has 14 nitrogen and oxygen atoms in total. The van der Waals surface area contributed by atoms with Crippen LogP contribution in [0.5, 0.6) is 5.75 Å². The number of imidazole rings is 1. The van der Waals surface area contributed by atoms with Crippen molar-refractivity contribution in [3.8, 4) is 28.1 Å². The maximum Gasteiger partial charge on any atom is 0.573 e. The normalized spacial score (nSPS) is 20.6. The number of halogens is 4. The van der Waals surface area contributed by atoms with Gasteiger partial charge in [0.05, 0.1) is 12.1 Å². The van der Waals surface area contributed by atoms with Crippen LogP contribution in [0.1, 0.15) is 72.7 Å². The van der Waals surface area contributed by atoms with Gasteiger partial charge in [-0.2, -0.15) is 4.39 Å². The van der Waals surface area contributed by atoms with Crippen LogP contribution in [-0.4, -0.2) is 130 Å². The minimum Gasteiger partial charge on any atom is -0.405 e. The number of benzene rings is 2. The number of carbonyl (C=O) groups is 3. The third-order valence-electron chi connectivity index (χ3n) is 11.7. The molecule has 3 aliphatic heterocycles. The summed E-state index contributed by atoms with van der Waals surface area (Å²) in [5, 5.41) is 15.5. The molecule has 4 atom stereocenters. The Morgan fingerprint density at radius 3 is 2.16 bits per heavy atom. The topological polar surface area (TPSA) is 156 Å². The molecule has 3 saturated heterocycles. The Balaban J connectivity index is 1.11. The number of piperidine rings is 1. The van der Waals surface area contributed by atoms with E-state index in [2.05, 4.69) is 30.2 Å². The maximum atomic E-state index is 15.5. The van der Waals surface area contributed by atoms with Crippen molar-refractivity contribution in [3.05, 3.63) is 54.2 Å². The van der Waals surface area contributed by atoms with Gasteiger partial charge in [-0.05, 0) is 48.8 Å². The first-order valence-electron chi connectivity index (χ1n) is 20.8. The molecule has 0 bridgehead atoms. The van der Waals surface area contributed by atoms with E-state index in [1.165, 1.54) is 43.5 Å². The molecule has 6 rings (SSSR count). The number of aromatic nitrogens is 2. The highest BCUT2D eigenvalue weighted by Crippen LogP contribution is 2.39. The van der Waals surface area contributed by atoms with Crippen molar-refractivity contribution in [2.24, 2.45) is 17.3 Å². The number of urea groups is 1. The molecular formula is C43H58F4N8O6. The number of rotatable bonds is 11. The Bertz CT molecular complexity index is 2010. The van der Waals surface area contributed by atoms with E-state index in [9.17, 15) is 32.7 Å². The summed E-state index contributed by atoms with van der Waals surface area (Å²) in [6.07, 6.45) is -4.15. The number of aliphatic hydroxyl groups excluding tert-OH is 1. The maximum absolute atomic E-state index is 15.5. The number of ether oxygens (including phenoxy) is 2. The van der Waals surface area contributed by atoms with Crippen molar-refractivity contribution in [1.29, 1.82) is 0 Å². The summed E-state index contributed by atoms with van der Waals surface area (Å²) in [6.45, 7) is 15.3. The highest BCUT2D eigenvalue weighted by atomic mass is 19.4. The number of piperazine rings is 1. The van der Waals surface area contributed by atoms with Crippen LogP contribution in [0.2, 0.25) is 0 Å². The van der Waals surface area contributed by atoms with Gasteiger partial charge in [0.15, 0.2) is 0 Å². The minimum absolute atomic E-state index is 0.0227. The first-order valence-corrected chi connectivity index (χ1v) is 20.8. The Hall–Kier alpha value is -4.78. The van der Waals surface area contributed by atoms with Crippen LogP contribution in [0.15, 0.2) is 42.5 Å². The molecule has 0 spiro atoms. The van der Waals surface area contributed by atoms with Crippen molar-refractivity contribution in [2.45, 2.75) is 91.7 Å². The van der Waals surface area contributed by atoms with Crippen LogP contribution in [-0.2, 0) is 14.3 Å². The number of aliphatic hydroxyl groups is 1. The number of H-pyrrole nitrogens is 1. The third kappa shape index (κ3) is 11.0. The summed E-state index contributed by atoms with van der Waals surface area (Å²) in [5.41, 5.74) is 0.452. The van der Waals surface area contributed by atoms with Crippen LogP contribution in [0, 0.1) is 23.2 Å². The van der Waals surface area contributed by atoms with E-state index in [4.69, 9.17) is 4.74 Å². The highest BCUT2D eigenvalue weighted by molar-refractivity contribution is 5.90. The van der Waals surface area contributed by atoms with E-state index in [0.717, 1.165) is 18.9 Å². The number of hydrogen-bond donors (Lipinski definition) is 4. The van der Waals surface area contributed by atoms with E-state index in [0.29, 0.717) is 69.4 Å². The lowest BCUT2D eigenvalue weighted by atomic mass is 9.92. The van der Waals surface area contributed by atoms with Gasteiger partial charge < -0.3 is 39.6 Å². The fraction of sp³-hybridized carbons (Fsp3) is 0.581. The second-order valence-corrected chi connectivity index (χ2v) is 17.7. The first kappa shape index (κ1) is 45.7. The van der Waals surface area contributed by atoms with Crippen LogP contribution in [0.3, 0.4) is 0 Å². The summed E-state index contributed by atoms with van der Waals surface area (Å²) in [4.78, 5) is 54.5. The molecule has 4 amide bonds. The zero-order chi connectivity index (χ0) is 44.4. The summed E-state index contributed by atoms with van der Waals surface area (Å²) in [6, 6.07) is 8.68. The lowest BCUT2D eigenvalue weighted by molar-refractivity contribution is -0.274. The number of aromatic amines is 1. The molecule has 18 heteroatoms. The van der Waals surface area contributed by atoms with Crippen LogP contribution in [0.25, 0.3) is 22.4 Å².